The van der Waals surface area contributed by atoms with Gasteiger partial charge in [-0.1, -0.05) is 0 Å². The highest BCUT2D eigenvalue weighted by Gasteiger charge is 2.73. The smallest absolute Gasteiger partial charge is 0.326 e. The van der Waals surface area contributed by atoms with Gasteiger partial charge in [0.2, 0.25) is 5.91 Å². The molecule has 2 aliphatic rings. The van der Waals surface area contributed by atoms with Crippen LogP contribution < -0.4 is 0 Å². The zero-order valence-electron chi connectivity index (χ0n) is 18.9. The van der Waals surface area contributed by atoms with Crippen LogP contribution in [0.1, 0.15) is 6.92 Å². The molecular weight excluding hydrogens is 722 g/mol. The molecule has 0 radical (unpaired) electrons. The Balaban J connectivity index is 2.93. The van der Waals surface area contributed by atoms with E-state index in [4.69, 9.17) is 0 Å². The molecule has 2 heterocycles. The third-order valence-corrected chi connectivity index (χ3v) is 9.26. The van der Waals surface area contributed by atoms with Gasteiger partial charge in [-0.3, -0.25) is 21.5 Å². The van der Waals surface area contributed by atoms with E-state index in [-0.39, 0.29) is 6.92 Å². The number of carbonyl (C=O) groups is 1. The van der Waals surface area contributed by atoms with Crippen LogP contribution >= 0.6 is 0 Å². The number of hydrogen-bond acceptors (Lipinski definition) is 13. The Bertz CT molecular complexity index is 1300. The topological polar surface area (TPSA) is 194 Å². The van der Waals surface area contributed by atoms with Gasteiger partial charge in [0.15, 0.2) is 0 Å². The quantitative estimate of drug-likeness (QED) is 0.191. The first-order chi connectivity index (χ1) is 18.2. The zero-order valence-corrected chi connectivity index (χ0v) is 22.2. The van der Waals surface area contributed by atoms with Gasteiger partial charge in [0.25, 0.3) is 0 Å². The Morgan fingerprint density at radius 3 is 0.762 bits per heavy atom. The van der Waals surface area contributed by atoms with E-state index in [1.807, 2.05) is 0 Å². The lowest BCUT2D eigenvalue weighted by Gasteiger charge is -2.36. The van der Waals surface area contributed by atoms with Gasteiger partial charge in [0.1, 0.15) is 24.4 Å². The van der Waals surface area contributed by atoms with Crippen LogP contribution in [0.25, 0.3) is 0 Å². The first kappa shape index (κ1) is 36.5. The third kappa shape index (κ3) is 6.52. The van der Waals surface area contributed by atoms with E-state index in [0.717, 1.165) is 0 Å². The summed E-state index contributed by atoms with van der Waals surface area (Å²) < 4.78 is 262. The van der Waals surface area contributed by atoms with Crippen molar-refractivity contribution in [2.24, 2.45) is 0 Å². The molecule has 0 aromatic carbocycles. The highest BCUT2D eigenvalue weighted by Crippen LogP contribution is 2.49. The molecule has 0 N–H and O–H groups in total. The average molecular weight is 731 g/mol. The molecule has 14 nitrogen and oxygen atoms in total. The molecule has 2 unspecified atom stereocenters. The summed E-state index contributed by atoms with van der Waals surface area (Å²) in [5, 5.41) is 0. The van der Waals surface area contributed by atoms with Crippen LogP contribution in [0.3, 0.4) is 0 Å². The predicted octanol–water partition coefficient (Wildman–Crippen LogP) is 0.539. The molecule has 0 saturated carbocycles. The van der Waals surface area contributed by atoms with Crippen LogP contribution in [0.5, 0.6) is 0 Å². The zero-order chi connectivity index (χ0) is 33.4. The van der Waals surface area contributed by atoms with Crippen LogP contribution in [0.4, 0.5) is 52.7 Å². The average Bonchev–Trinajstić information content (AvgIpc) is 3.15. The van der Waals surface area contributed by atoms with Crippen molar-refractivity contribution in [3.8, 4) is 0 Å². The molecule has 248 valence electrons. The summed E-state index contributed by atoms with van der Waals surface area (Å²) in [5.41, 5.74) is -26.4. The largest absolute Gasteiger partial charge is 0.523 e. The van der Waals surface area contributed by atoms with Gasteiger partial charge in [0, 0.05) is 6.92 Å². The van der Waals surface area contributed by atoms with Gasteiger partial charge in [-0.05, 0) is 0 Å². The van der Waals surface area contributed by atoms with Crippen LogP contribution in [0.2, 0.25) is 0 Å². The molecule has 42 heavy (non-hydrogen) atoms. The number of carbonyl (C=O) groups excluding carboxylic acids is 1. The van der Waals surface area contributed by atoms with Crippen LogP contribution in [0, 0.1) is 0 Å². The van der Waals surface area contributed by atoms with E-state index in [0.29, 0.717) is 0 Å². The Morgan fingerprint density at radius 2 is 0.643 bits per heavy atom. The Morgan fingerprint density at radius 1 is 0.476 bits per heavy atom. The molecule has 0 aromatic rings. The molecular formula is C12H9F12NO13S4. The summed E-state index contributed by atoms with van der Waals surface area (Å²) in [5.74, 6) is -1.91. The summed E-state index contributed by atoms with van der Waals surface area (Å²) in [4.78, 5) is 11.6. The fraction of sp³-hybridized carbons (Fsp3) is 0.917. The number of alkyl halides is 12. The molecule has 6 atom stereocenters. The van der Waals surface area contributed by atoms with E-state index in [1.165, 1.54) is 0 Å². The lowest BCUT2D eigenvalue weighted by molar-refractivity contribution is -0.131. The standard InChI is InChI=1S/C12H9F12NO13S4/c1-2(26)25-3-5(35-39(27,28)9(13,14)15)7(37-41(31,32)11(19,20)21)4(25)8(38-42(33,34)12(22,23)24)6(3)36-40(29,30)10(16,17)18/h3-8H,1H3/t3?,4?,5-,6+,7+,8-. The van der Waals surface area contributed by atoms with Gasteiger partial charge in [-0.25, -0.2) is 0 Å². The van der Waals surface area contributed by atoms with Crippen molar-refractivity contribution in [3.63, 3.8) is 0 Å². The van der Waals surface area contributed by atoms with Gasteiger partial charge in [-0.15, -0.1) is 0 Å². The first-order valence-electron chi connectivity index (χ1n) is 9.47. The van der Waals surface area contributed by atoms with Crippen molar-refractivity contribution in [2.45, 2.75) is 65.5 Å². The molecule has 2 saturated heterocycles. The first-order valence-corrected chi connectivity index (χ1v) is 15.1. The summed E-state index contributed by atoms with van der Waals surface area (Å²) in [6.45, 7) is 0.173. The van der Waals surface area contributed by atoms with Crippen LogP contribution in [-0.2, 0) is 62.0 Å². The SMILES string of the molecule is CC(=O)N1C2[C@@H](OS(=O)(=O)C(F)(F)F)[C@@H](OS(=O)(=O)C(F)(F)F)C1[C@@H](OS(=O)(=O)C(F)(F)F)[C@H]2OS(=O)(=O)C(F)(F)F. The normalized spacial score (nSPS) is 28.4. The van der Waals surface area contributed by atoms with Crippen molar-refractivity contribution < 1.29 is 108 Å². The van der Waals surface area contributed by atoms with Gasteiger partial charge >= 0.3 is 62.5 Å². The second kappa shape index (κ2) is 10.4. The third-order valence-electron chi connectivity index (χ3n) is 5.09. The minimum absolute atomic E-state index is 0.173. The van der Waals surface area contributed by atoms with Crippen molar-refractivity contribution in [1.82, 2.24) is 4.90 Å². The number of hydrogen-bond donors (Lipinski definition) is 0. The van der Waals surface area contributed by atoms with Crippen molar-refractivity contribution in [2.75, 3.05) is 0 Å². The molecule has 1 amide bonds. The van der Waals surface area contributed by atoms with Gasteiger partial charge in [-0.2, -0.15) is 86.4 Å². The number of nitrogens with zero attached hydrogens (tertiary/aromatic N) is 1. The van der Waals surface area contributed by atoms with E-state index < -0.39 is 110 Å². The van der Waals surface area contributed by atoms with Crippen molar-refractivity contribution >= 4 is 46.4 Å². The Hall–Kier alpha value is -1.73. The summed E-state index contributed by atoms with van der Waals surface area (Å²) in [6.07, 6.45) is -14.8. The van der Waals surface area contributed by atoms with Gasteiger partial charge in [0.05, 0.1) is 12.1 Å². The fourth-order valence-corrected chi connectivity index (χ4v) is 6.15. The van der Waals surface area contributed by atoms with E-state index in [9.17, 15) is 91.2 Å². The van der Waals surface area contributed by atoms with Crippen molar-refractivity contribution in [1.29, 1.82) is 0 Å². The van der Waals surface area contributed by atoms with Gasteiger partial charge < -0.3 is 4.90 Å². The monoisotopic (exact) mass is 731 g/mol. The number of fused-ring (bicyclic) bond motifs is 2. The van der Waals surface area contributed by atoms with E-state index >= 15 is 0 Å². The molecule has 30 heteroatoms. The summed E-state index contributed by atoms with van der Waals surface area (Å²) >= 11 is 0. The van der Waals surface area contributed by atoms with Crippen LogP contribution in [0.15, 0.2) is 0 Å². The number of rotatable bonds is 8. The van der Waals surface area contributed by atoms with E-state index in [1.54, 1.807) is 0 Å². The van der Waals surface area contributed by atoms with Crippen LogP contribution in [-0.4, -0.2) is 103 Å². The fourth-order valence-electron chi connectivity index (χ4n) is 3.65. The summed E-state index contributed by atoms with van der Waals surface area (Å²) in [7, 11) is -28.8. The minimum atomic E-state index is -7.21. The Labute approximate surface area is 224 Å². The number of amides is 1. The number of halogens is 12. The Kier molecular flexibility index (Phi) is 9.05. The maximum atomic E-state index is 13.0. The minimum Gasteiger partial charge on any atom is -0.326 e. The lowest BCUT2D eigenvalue weighted by atomic mass is 9.90. The molecule has 0 aliphatic carbocycles. The van der Waals surface area contributed by atoms with Crippen molar-refractivity contribution in [3.05, 3.63) is 0 Å². The second-order valence-electron chi connectivity index (χ2n) is 7.75. The maximum absolute atomic E-state index is 13.0. The maximum Gasteiger partial charge on any atom is 0.523 e. The predicted molar refractivity (Wildman–Crippen MR) is 99.5 cm³/mol. The second-order valence-corrected chi connectivity index (χ2v) is 14.0. The molecule has 0 spiro atoms. The highest BCUT2D eigenvalue weighted by atomic mass is 32.2. The van der Waals surface area contributed by atoms with E-state index in [2.05, 4.69) is 16.7 Å². The highest BCUT2D eigenvalue weighted by molar-refractivity contribution is 7.88. The molecule has 2 aliphatic heterocycles. The molecule has 2 bridgehead atoms. The molecule has 0 aromatic heterocycles. The molecule has 2 rings (SSSR count). The lowest BCUT2D eigenvalue weighted by Crippen LogP contribution is -2.59. The summed E-state index contributed by atoms with van der Waals surface area (Å²) in [6, 6.07) is -6.77. The molecule has 2 fully saturated rings.